The smallest absolute Gasteiger partial charge is 0.341 e. The van der Waals surface area contributed by atoms with Crippen molar-refractivity contribution in [2.24, 2.45) is 5.10 Å². The number of rotatable bonds is 10. The summed E-state index contributed by atoms with van der Waals surface area (Å²) in [5.74, 6) is -0.151. The van der Waals surface area contributed by atoms with Gasteiger partial charge in [-0.15, -0.1) is 0 Å². The van der Waals surface area contributed by atoms with Crippen LogP contribution in [-0.2, 0) is 11.2 Å². The maximum atomic E-state index is 13.2. The Morgan fingerprint density at radius 1 is 1.27 bits per heavy atom. The van der Waals surface area contributed by atoms with Crippen LogP contribution in [0.15, 0.2) is 44.7 Å². The zero-order valence-electron chi connectivity index (χ0n) is 18.2. The van der Waals surface area contributed by atoms with Crippen molar-refractivity contribution in [3.63, 3.8) is 0 Å². The largest absolute Gasteiger partial charge is 0.490 e. The topological polar surface area (TPSA) is 103 Å². The van der Waals surface area contributed by atoms with Crippen LogP contribution < -0.4 is 15.0 Å². The fraction of sp³-hybridized carbons (Fsp3) is 0.304. The number of ether oxygens (including phenoxy) is 2. The number of aromatic nitrogens is 2. The molecule has 0 saturated carbocycles. The molecule has 33 heavy (non-hydrogen) atoms. The van der Waals surface area contributed by atoms with Crippen molar-refractivity contribution in [2.45, 2.75) is 33.1 Å². The highest BCUT2D eigenvalue weighted by Gasteiger charge is 2.15. The highest BCUT2D eigenvalue weighted by molar-refractivity contribution is 9.10. The number of hydrogen-bond donors (Lipinski definition) is 1. The Labute approximate surface area is 203 Å². The molecule has 0 unspecified atom stereocenters. The van der Waals surface area contributed by atoms with Crippen LogP contribution in [0.2, 0.25) is 5.02 Å². The van der Waals surface area contributed by atoms with E-state index in [1.54, 1.807) is 31.2 Å². The molecule has 3 aromatic rings. The molecule has 0 saturated heterocycles. The third kappa shape index (κ3) is 6.11. The fourth-order valence-corrected chi connectivity index (χ4v) is 3.77. The molecule has 1 heterocycles. The number of fused-ring (bicyclic) bond motifs is 1. The normalized spacial score (nSPS) is 11.3. The maximum absolute atomic E-state index is 13.2. The molecule has 0 radical (unpaired) electrons. The average molecular weight is 537 g/mol. The molecule has 174 valence electrons. The summed E-state index contributed by atoms with van der Waals surface area (Å²) in [4.78, 5) is 28.7. The van der Waals surface area contributed by atoms with Crippen LogP contribution >= 0.6 is 27.5 Å². The molecule has 0 amide bonds. The van der Waals surface area contributed by atoms with Crippen LogP contribution in [0.1, 0.15) is 38.1 Å². The Balaban J connectivity index is 2.06. The molecule has 0 fully saturated rings. The minimum Gasteiger partial charge on any atom is -0.490 e. The number of hydrogen-bond acceptors (Lipinski definition) is 6. The van der Waals surface area contributed by atoms with Crippen molar-refractivity contribution in [1.29, 1.82) is 0 Å². The van der Waals surface area contributed by atoms with Gasteiger partial charge in [-0.3, -0.25) is 4.79 Å². The van der Waals surface area contributed by atoms with Gasteiger partial charge in [0.25, 0.3) is 5.56 Å². The third-order valence-corrected chi connectivity index (χ3v) is 5.40. The van der Waals surface area contributed by atoms with Crippen molar-refractivity contribution in [2.75, 3.05) is 13.2 Å². The van der Waals surface area contributed by atoms with E-state index in [1.165, 1.54) is 10.9 Å². The van der Waals surface area contributed by atoms with Crippen molar-refractivity contribution in [3.8, 4) is 11.5 Å². The zero-order chi connectivity index (χ0) is 24.0. The van der Waals surface area contributed by atoms with Crippen molar-refractivity contribution >= 4 is 50.6 Å². The van der Waals surface area contributed by atoms with E-state index in [4.69, 9.17) is 26.2 Å². The quantitative estimate of drug-likeness (QED) is 0.370. The van der Waals surface area contributed by atoms with E-state index in [2.05, 4.69) is 32.9 Å². The fourth-order valence-electron chi connectivity index (χ4n) is 3.13. The molecule has 2 aromatic carbocycles. The van der Waals surface area contributed by atoms with Crippen LogP contribution in [0.4, 0.5) is 0 Å². The molecule has 1 N–H and O–H groups in total. The van der Waals surface area contributed by atoms with Crippen molar-refractivity contribution in [1.82, 2.24) is 9.66 Å². The van der Waals surface area contributed by atoms with Gasteiger partial charge in [-0.2, -0.15) is 9.78 Å². The summed E-state index contributed by atoms with van der Waals surface area (Å²) >= 11 is 9.71. The van der Waals surface area contributed by atoms with E-state index in [-0.39, 0.29) is 22.1 Å². The Kier molecular flexibility index (Phi) is 8.46. The highest BCUT2D eigenvalue weighted by atomic mass is 79.9. The lowest BCUT2D eigenvalue weighted by molar-refractivity contribution is -0.139. The molecule has 0 bridgehead atoms. The maximum Gasteiger partial charge on any atom is 0.341 e. The number of unbranched alkanes of at least 4 members (excludes halogenated alkanes) is 1. The van der Waals surface area contributed by atoms with Crippen LogP contribution in [0, 0.1) is 0 Å². The molecular formula is C23H23BrClN3O5. The molecule has 0 aliphatic rings. The van der Waals surface area contributed by atoms with E-state index >= 15 is 0 Å². The molecule has 8 nitrogen and oxygen atoms in total. The van der Waals surface area contributed by atoms with E-state index in [0.29, 0.717) is 35.3 Å². The number of carboxylic acids is 1. The molecular weight excluding hydrogens is 514 g/mol. The number of benzene rings is 2. The van der Waals surface area contributed by atoms with E-state index in [0.717, 1.165) is 17.3 Å². The lowest BCUT2D eigenvalue weighted by Crippen LogP contribution is -2.22. The minimum absolute atomic E-state index is 0.135. The molecule has 0 aliphatic carbocycles. The standard InChI is InChI=1S/C23H23BrClN3O5/c1-3-5-6-20-27-18-8-7-15(24)11-16(18)23(31)28(20)26-12-14-9-17(25)22(33-13-21(29)30)19(10-14)32-4-2/h7-12H,3-6,13H2,1-2H3,(H,29,30). The number of aryl methyl sites for hydroxylation is 1. The molecule has 0 atom stereocenters. The van der Waals surface area contributed by atoms with E-state index in [1.807, 2.05) is 6.07 Å². The summed E-state index contributed by atoms with van der Waals surface area (Å²) in [6.07, 6.45) is 3.89. The summed E-state index contributed by atoms with van der Waals surface area (Å²) in [6, 6.07) is 8.55. The van der Waals surface area contributed by atoms with Gasteiger partial charge < -0.3 is 14.6 Å². The molecule has 0 aliphatic heterocycles. The molecule has 0 spiro atoms. The van der Waals surface area contributed by atoms with E-state index < -0.39 is 12.6 Å². The Bertz CT molecular complexity index is 1260. The van der Waals surface area contributed by atoms with Crippen LogP contribution in [-0.4, -0.2) is 40.2 Å². The second kappa shape index (κ2) is 11.3. The van der Waals surface area contributed by atoms with Gasteiger partial charge in [0.1, 0.15) is 5.82 Å². The monoisotopic (exact) mass is 535 g/mol. The summed E-state index contributed by atoms with van der Waals surface area (Å²) in [6.45, 7) is 3.62. The van der Waals surface area contributed by atoms with Gasteiger partial charge in [-0.05, 0) is 49.2 Å². The first-order valence-electron chi connectivity index (χ1n) is 10.4. The Morgan fingerprint density at radius 3 is 2.76 bits per heavy atom. The summed E-state index contributed by atoms with van der Waals surface area (Å²) in [7, 11) is 0. The summed E-state index contributed by atoms with van der Waals surface area (Å²) in [5, 5.41) is 13.9. The second-order valence-electron chi connectivity index (χ2n) is 7.10. The van der Waals surface area contributed by atoms with Gasteiger partial charge >= 0.3 is 5.97 Å². The first kappa shape index (κ1) is 24.7. The summed E-state index contributed by atoms with van der Waals surface area (Å²) in [5.41, 5.74) is 0.886. The third-order valence-electron chi connectivity index (χ3n) is 4.62. The predicted octanol–water partition coefficient (Wildman–Crippen LogP) is 4.90. The Hall–Kier alpha value is -2.91. The first-order chi connectivity index (χ1) is 15.8. The van der Waals surface area contributed by atoms with Gasteiger partial charge in [-0.1, -0.05) is 40.9 Å². The lowest BCUT2D eigenvalue weighted by atomic mass is 10.2. The van der Waals surface area contributed by atoms with Gasteiger partial charge in [0.2, 0.25) is 0 Å². The number of carbonyl (C=O) groups is 1. The zero-order valence-corrected chi connectivity index (χ0v) is 20.5. The second-order valence-corrected chi connectivity index (χ2v) is 8.42. The van der Waals surface area contributed by atoms with Gasteiger partial charge in [0.15, 0.2) is 18.1 Å². The first-order valence-corrected chi connectivity index (χ1v) is 11.6. The van der Waals surface area contributed by atoms with Crippen molar-refractivity contribution in [3.05, 3.63) is 61.6 Å². The Morgan fingerprint density at radius 2 is 2.06 bits per heavy atom. The molecule has 3 rings (SSSR count). The summed E-state index contributed by atoms with van der Waals surface area (Å²) < 4.78 is 12.9. The van der Waals surface area contributed by atoms with Crippen molar-refractivity contribution < 1.29 is 19.4 Å². The molecule has 10 heteroatoms. The van der Waals surface area contributed by atoms with Crippen LogP contribution in [0.3, 0.4) is 0 Å². The number of aliphatic carboxylic acids is 1. The number of halogens is 2. The van der Waals surface area contributed by atoms with Gasteiger partial charge in [0.05, 0.1) is 28.7 Å². The highest BCUT2D eigenvalue weighted by Crippen LogP contribution is 2.36. The molecule has 1 aromatic heterocycles. The number of nitrogens with zero attached hydrogens (tertiary/aromatic N) is 3. The lowest BCUT2D eigenvalue weighted by Gasteiger charge is -2.13. The predicted molar refractivity (Wildman–Crippen MR) is 131 cm³/mol. The van der Waals surface area contributed by atoms with Crippen LogP contribution in [0.25, 0.3) is 10.9 Å². The minimum atomic E-state index is -1.13. The SMILES string of the molecule is CCCCc1nc2ccc(Br)cc2c(=O)n1N=Cc1cc(Cl)c(OCC(=O)O)c(OCC)c1. The van der Waals surface area contributed by atoms with Gasteiger partial charge in [-0.25, -0.2) is 9.78 Å². The van der Waals surface area contributed by atoms with Gasteiger partial charge in [0, 0.05) is 10.9 Å². The van der Waals surface area contributed by atoms with Crippen LogP contribution in [0.5, 0.6) is 11.5 Å². The average Bonchev–Trinajstić information content (AvgIpc) is 2.77. The number of carboxylic acid groups (broad SMARTS) is 1. The van der Waals surface area contributed by atoms with E-state index in [9.17, 15) is 9.59 Å².